The van der Waals surface area contributed by atoms with Crippen molar-refractivity contribution in [1.82, 2.24) is 15.2 Å². The molecule has 1 N–H and O–H groups in total. The van der Waals surface area contributed by atoms with Crippen molar-refractivity contribution >= 4 is 28.4 Å². The van der Waals surface area contributed by atoms with E-state index in [1.54, 1.807) is 6.20 Å². The molecule has 6 nitrogen and oxygen atoms in total. The molecule has 2 amide bonds. The number of benzene rings is 3. The van der Waals surface area contributed by atoms with Gasteiger partial charge in [-0.2, -0.15) is 0 Å². The van der Waals surface area contributed by atoms with Crippen LogP contribution in [0.15, 0.2) is 91.1 Å². The predicted octanol–water partition coefficient (Wildman–Crippen LogP) is 4.95. The van der Waals surface area contributed by atoms with Crippen molar-refractivity contribution in [2.45, 2.75) is 19.3 Å². The van der Waals surface area contributed by atoms with Gasteiger partial charge in [-0.15, -0.1) is 0 Å². The highest BCUT2D eigenvalue weighted by atomic mass is 16.2. The van der Waals surface area contributed by atoms with E-state index in [-0.39, 0.29) is 11.8 Å². The average molecular weight is 493 g/mol. The molecule has 0 unspecified atom stereocenters. The van der Waals surface area contributed by atoms with Crippen LogP contribution in [0.3, 0.4) is 0 Å². The first-order chi connectivity index (χ1) is 18.2. The fraction of sp³-hybridized carbons (Fsp3) is 0.258. The summed E-state index contributed by atoms with van der Waals surface area (Å²) in [6, 6.07) is 28.0. The second-order valence-corrected chi connectivity index (χ2v) is 9.41. The monoisotopic (exact) mass is 492 g/mol. The lowest BCUT2D eigenvalue weighted by molar-refractivity contribution is 0.0748. The Balaban J connectivity index is 1.09. The molecule has 1 aliphatic heterocycles. The second-order valence-electron chi connectivity index (χ2n) is 9.41. The van der Waals surface area contributed by atoms with Crippen LogP contribution in [0.25, 0.3) is 10.8 Å². The van der Waals surface area contributed by atoms with Crippen molar-refractivity contribution in [3.05, 3.63) is 108 Å². The van der Waals surface area contributed by atoms with E-state index in [4.69, 9.17) is 0 Å². The van der Waals surface area contributed by atoms with Crippen LogP contribution in [0.4, 0.5) is 5.82 Å². The fourth-order valence-corrected chi connectivity index (χ4v) is 4.83. The summed E-state index contributed by atoms with van der Waals surface area (Å²) in [7, 11) is 0. The number of hydrogen-bond donors (Lipinski definition) is 1. The molecule has 0 radical (unpaired) electrons. The minimum Gasteiger partial charge on any atom is -0.353 e. The Morgan fingerprint density at radius 3 is 2.32 bits per heavy atom. The van der Waals surface area contributed by atoms with Crippen molar-refractivity contribution in [2.75, 3.05) is 37.6 Å². The molecule has 0 saturated carbocycles. The van der Waals surface area contributed by atoms with Gasteiger partial charge in [0.1, 0.15) is 5.82 Å². The van der Waals surface area contributed by atoms with Gasteiger partial charge < -0.3 is 15.1 Å². The molecule has 1 aromatic heterocycles. The number of unbranched alkanes of at least 4 members (excludes halogenated alkanes) is 1. The maximum atomic E-state index is 13.2. The highest BCUT2D eigenvalue weighted by molar-refractivity contribution is 6.07. The predicted molar refractivity (Wildman–Crippen MR) is 148 cm³/mol. The van der Waals surface area contributed by atoms with Crippen LogP contribution in [0, 0.1) is 0 Å². The van der Waals surface area contributed by atoms with Gasteiger partial charge in [-0.25, -0.2) is 4.98 Å². The topological polar surface area (TPSA) is 65.5 Å². The van der Waals surface area contributed by atoms with E-state index < -0.39 is 0 Å². The molecule has 3 aromatic carbocycles. The van der Waals surface area contributed by atoms with E-state index in [0.29, 0.717) is 38.3 Å². The van der Waals surface area contributed by atoms with Gasteiger partial charge in [0, 0.05) is 44.5 Å². The van der Waals surface area contributed by atoms with E-state index in [1.165, 1.54) is 5.56 Å². The Hall–Kier alpha value is -4.19. The molecular formula is C31H32N4O2. The summed E-state index contributed by atoms with van der Waals surface area (Å²) in [5, 5.41) is 5.06. The van der Waals surface area contributed by atoms with Crippen LogP contribution in [0.5, 0.6) is 0 Å². The summed E-state index contributed by atoms with van der Waals surface area (Å²) in [6.07, 6.45) is 4.64. The molecule has 4 aromatic rings. The van der Waals surface area contributed by atoms with Crippen molar-refractivity contribution < 1.29 is 9.59 Å². The molecule has 0 bridgehead atoms. The average Bonchev–Trinajstić information content (AvgIpc) is 2.97. The molecular weight excluding hydrogens is 460 g/mol. The summed E-state index contributed by atoms with van der Waals surface area (Å²) in [5.41, 5.74) is 2.64. The van der Waals surface area contributed by atoms with E-state index in [9.17, 15) is 9.59 Å². The third-order valence-corrected chi connectivity index (χ3v) is 6.94. The van der Waals surface area contributed by atoms with Crippen LogP contribution in [0.2, 0.25) is 0 Å². The first-order valence-electron chi connectivity index (χ1n) is 13.0. The van der Waals surface area contributed by atoms with Gasteiger partial charge in [-0.05, 0) is 53.8 Å². The maximum absolute atomic E-state index is 13.2. The molecule has 6 heteroatoms. The number of aryl methyl sites for hydroxylation is 1. The summed E-state index contributed by atoms with van der Waals surface area (Å²) in [5.74, 6) is 0.807. The van der Waals surface area contributed by atoms with E-state index in [2.05, 4.69) is 39.5 Å². The number of aromatic nitrogens is 1. The van der Waals surface area contributed by atoms with Gasteiger partial charge in [0.2, 0.25) is 0 Å². The number of fused-ring (bicyclic) bond motifs is 1. The molecule has 2 heterocycles. The molecule has 1 saturated heterocycles. The number of pyridine rings is 1. The van der Waals surface area contributed by atoms with Crippen molar-refractivity contribution in [3.63, 3.8) is 0 Å². The molecule has 1 aliphatic rings. The number of anilines is 1. The number of hydrogen-bond acceptors (Lipinski definition) is 4. The number of amides is 2. The zero-order chi connectivity index (χ0) is 25.5. The second kappa shape index (κ2) is 11.7. The molecule has 188 valence electrons. The van der Waals surface area contributed by atoms with Gasteiger partial charge in [0.25, 0.3) is 11.8 Å². The van der Waals surface area contributed by atoms with Crippen molar-refractivity contribution in [3.8, 4) is 0 Å². The van der Waals surface area contributed by atoms with Crippen LogP contribution in [-0.4, -0.2) is 54.4 Å². The van der Waals surface area contributed by atoms with Crippen LogP contribution in [0.1, 0.15) is 39.1 Å². The van der Waals surface area contributed by atoms with Gasteiger partial charge >= 0.3 is 0 Å². The largest absolute Gasteiger partial charge is 0.353 e. The number of carbonyl (C=O) groups is 2. The summed E-state index contributed by atoms with van der Waals surface area (Å²) in [6.45, 7) is 3.33. The van der Waals surface area contributed by atoms with Crippen LogP contribution in [-0.2, 0) is 6.42 Å². The lowest BCUT2D eigenvalue weighted by Gasteiger charge is -2.35. The van der Waals surface area contributed by atoms with Gasteiger partial charge in [0.15, 0.2) is 0 Å². The Morgan fingerprint density at radius 2 is 1.54 bits per heavy atom. The Bertz CT molecular complexity index is 1340. The molecule has 1 fully saturated rings. The van der Waals surface area contributed by atoms with E-state index in [0.717, 1.165) is 41.4 Å². The lowest BCUT2D eigenvalue weighted by atomic mass is 10.0. The maximum Gasteiger partial charge on any atom is 0.254 e. The SMILES string of the molecule is O=C(NCCCCc1ccccc1)c1ccc(N2CCN(C(=O)c3cccc4ccccc34)CC2)nc1. The summed E-state index contributed by atoms with van der Waals surface area (Å²) >= 11 is 0. The molecule has 0 spiro atoms. The first kappa shape index (κ1) is 24.5. The lowest BCUT2D eigenvalue weighted by Crippen LogP contribution is -2.49. The smallest absolute Gasteiger partial charge is 0.254 e. The Kier molecular flexibility index (Phi) is 7.75. The minimum atomic E-state index is -0.0933. The number of nitrogens with one attached hydrogen (secondary N) is 1. The Labute approximate surface area is 217 Å². The zero-order valence-electron chi connectivity index (χ0n) is 21.0. The van der Waals surface area contributed by atoms with Crippen LogP contribution < -0.4 is 10.2 Å². The number of nitrogens with zero attached hydrogens (tertiary/aromatic N) is 3. The van der Waals surface area contributed by atoms with Gasteiger partial charge in [-0.3, -0.25) is 9.59 Å². The third kappa shape index (κ3) is 5.97. The van der Waals surface area contributed by atoms with E-state index in [1.807, 2.05) is 65.6 Å². The normalized spacial score (nSPS) is 13.5. The Morgan fingerprint density at radius 1 is 0.784 bits per heavy atom. The quantitative estimate of drug-likeness (QED) is 0.354. The number of carbonyl (C=O) groups excluding carboxylic acids is 2. The van der Waals surface area contributed by atoms with Crippen molar-refractivity contribution in [2.24, 2.45) is 0 Å². The highest BCUT2D eigenvalue weighted by Gasteiger charge is 2.24. The molecule has 0 aliphatic carbocycles. The summed E-state index contributed by atoms with van der Waals surface area (Å²) < 4.78 is 0. The first-order valence-corrected chi connectivity index (χ1v) is 13.0. The number of piperazine rings is 1. The van der Waals surface area contributed by atoms with Gasteiger partial charge in [-0.1, -0.05) is 66.7 Å². The third-order valence-electron chi connectivity index (χ3n) is 6.94. The fourth-order valence-electron chi connectivity index (χ4n) is 4.83. The highest BCUT2D eigenvalue weighted by Crippen LogP contribution is 2.21. The minimum absolute atomic E-state index is 0.0696. The summed E-state index contributed by atoms with van der Waals surface area (Å²) in [4.78, 5) is 34.3. The van der Waals surface area contributed by atoms with Gasteiger partial charge in [0.05, 0.1) is 5.56 Å². The van der Waals surface area contributed by atoms with Crippen molar-refractivity contribution in [1.29, 1.82) is 0 Å². The molecule has 5 rings (SSSR count). The standard InChI is InChI=1S/C31H32N4O2/c36-30(32-18-7-6-11-24-9-2-1-3-10-24)26-16-17-29(33-23-26)34-19-21-35(22-20-34)31(37)28-15-8-13-25-12-4-5-14-27(25)28/h1-5,8-10,12-17,23H,6-7,11,18-22H2,(H,32,36). The number of rotatable bonds is 8. The van der Waals surface area contributed by atoms with E-state index >= 15 is 0 Å². The van der Waals surface area contributed by atoms with Crippen LogP contribution >= 0.6 is 0 Å². The zero-order valence-corrected chi connectivity index (χ0v) is 21.0. The molecule has 37 heavy (non-hydrogen) atoms. The molecule has 0 atom stereocenters.